The molecule has 2 rings (SSSR count). The third-order valence-electron chi connectivity index (χ3n) is 3.15. The highest BCUT2D eigenvalue weighted by atomic mass is 35.5. The van der Waals surface area contributed by atoms with Crippen LogP contribution in [0.25, 0.3) is 0 Å². The fourth-order valence-electron chi connectivity index (χ4n) is 1.97. The van der Waals surface area contributed by atoms with Crippen molar-refractivity contribution >= 4 is 23.4 Å². The summed E-state index contributed by atoms with van der Waals surface area (Å²) in [5.41, 5.74) is 0.390. The lowest BCUT2D eigenvalue weighted by Gasteiger charge is -2.16. The lowest BCUT2D eigenvalue weighted by atomic mass is 10.1. The number of rotatable bonds is 6. The third kappa shape index (κ3) is 4.70. The highest BCUT2D eigenvalue weighted by Crippen LogP contribution is 2.23. The lowest BCUT2D eigenvalue weighted by Crippen LogP contribution is -2.30. The second-order valence-electron chi connectivity index (χ2n) is 4.67. The number of likely N-dealkylation sites (N-methyl/N-ethyl adjacent to an activating group) is 1. The predicted octanol–water partition coefficient (Wildman–Crippen LogP) is 4.54. The van der Waals surface area contributed by atoms with E-state index in [1.54, 1.807) is 17.8 Å². The van der Waals surface area contributed by atoms with Crippen molar-refractivity contribution in [2.24, 2.45) is 0 Å². The molecular formula is C16H16ClF2NS. The number of hydrogen-bond donors (Lipinski definition) is 1. The van der Waals surface area contributed by atoms with Crippen molar-refractivity contribution in [1.82, 2.24) is 5.32 Å². The maximum absolute atomic E-state index is 13.7. The van der Waals surface area contributed by atoms with Crippen LogP contribution in [-0.4, -0.2) is 18.8 Å². The van der Waals surface area contributed by atoms with Gasteiger partial charge in [0.1, 0.15) is 0 Å². The van der Waals surface area contributed by atoms with Crippen molar-refractivity contribution in [3.63, 3.8) is 0 Å². The van der Waals surface area contributed by atoms with Crippen molar-refractivity contribution < 1.29 is 8.78 Å². The third-order valence-corrected chi connectivity index (χ3v) is 4.54. The Bertz CT molecular complexity index is 607. The Labute approximate surface area is 132 Å². The van der Waals surface area contributed by atoms with Gasteiger partial charge in [-0.1, -0.05) is 29.8 Å². The zero-order valence-corrected chi connectivity index (χ0v) is 13.1. The van der Waals surface area contributed by atoms with E-state index in [0.29, 0.717) is 17.0 Å². The molecule has 0 aliphatic carbocycles. The van der Waals surface area contributed by atoms with Gasteiger partial charge in [-0.05, 0) is 43.3 Å². The summed E-state index contributed by atoms with van der Waals surface area (Å²) in [6.45, 7) is 0. The average Bonchev–Trinajstić information content (AvgIpc) is 2.48. The molecule has 1 N–H and O–H groups in total. The Morgan fingerprint density at radius 3 is 2.67 bits per heavy atom. The molecular weight excluding hydrogens is 312 g/mol. The first kappa shape index (κ1) is 16.3. The Kier molecular flexibility index (Phi) is 6.03. The molecule has 0 aliphatic heterocycles. The monoisotopic (exact) mass is 327 g/mol. The van der Waals surface area contributed by atoms with Crippen molar-refractivity contribution in [2.75, 3.05) is 12.8 Å². The van der Waals surface area contributed by atoms with Gasteiger partial charge in [-0.3, -0.25) is 0 Å². The number of thioether (sulfide) groups is 1. The predicted molar refractivity (Wildman–Crippen MR) is 85.1 cm³/mol. The zero-order valence-electron chi connectivity index (χ0n) is 11.6. The van der Waals surface area contributed by atoms with Crippen molar-refractivity contribution in [1.29, 1.82) is 0 Å². The molecule has 2 aromatic rings. The summed E-state index contributed by atoms with van der Waals surface area (Å²) in [4.78, 5) is 1.06. The fraction of sp³-hybridized carbons (Fsp3) is 0.250. The highest BCUT2D eigenvalue weighted by Gasteiger charge is 2.13. The van der Waals surface area contributed by atoms with Crippen LogP contribution >= 0.6 is 23.4 Å². The van der Waals surface area contributed by atoms with Gasteiger partial charge in [-0.2, -0.15) is 0 Å². The number of nitrogens with one attached hydrogen (secondary N) is 1. The van der Waals surface area contributed by atoms with E-state index in [0.717, 1.165) is 16.7 Å². The molecule has 21 heavy (non-hydrogen) atoms. The van der Waals surface area contributed by atoms with E-state index in [4.69, 9.17) is 11.6 Å². The van der Waals surface area contributed by atoms with Crippen LogP contribution in [0.4, 0.5) is 8.78 Å². The van der Waals surface area contributed by atoms with Gasteiger partial charge in [-0.25, -0.2) is 8.78 Å². The molecule has 2 aromatic carbocycles. The molecule has 0 aliphatic rings. The van der Waals surface area contributed by atoms with Gasteiger partial charge in [0.25, 0.3) is 0 Å². The second kappa shape index (κ2) is 7.78. The standard InChI is InChI=1S/C16H16ClF2NS/c1-20-13(8-11-4-2-7-15(18)16(11)19)10-21-14-6-3-5-12(17)9-14/h2-7,9,13,20H,8,10H2,1H3. The van der Waals surface area contributed by atoms with E-state index in [-0.39, 0.29) is 6.04 Å². The second-order valence-corrected chi connectivity index (χ2v) is 6.20. The van der Waals surface area contributed by atoms with Gasteiger partial charge in [0, 0.05) is 21.7 Å². The molecule has 112 valence electrons. The Hall–Kier alpha value is -1.10. The molecule has 0 amide bonds. The van der Waals surface area contributed by atoms with Crippen LogP contribution in [-0.2, 0) is 6.42 Å². The molecule has 0 saturated carbocycles. The van der Waals surface area contributed by atoms with Crippen LogP contribution < -0.4 is 5.32 Å². The molecule has 0 saturated heterocycles. The van der Waals surface area contributed by atoms with E-state index >= 15 is 0 Å². The summed E-state index contributed by atoms with van der Waals surface area (Å²) in [5.74, 6) is -0.817. The van der Waals surface area contributed by atoms with Crippen LogP contribution in [0.2, 0.25) is 5.02 Å². The fourth-order valence-corrected chi connectivity index (χ4v) is 3.29. The summed E-state index contributed by atoms with van der Waals surface area (Å²) in [6.07, 6.45) is 0.438. The molecule has 0 heterocycles. The Morgan fingerprint density at radius 1 is 1.19 bits per heavy atom. The average molecular weight is 328 g/mol. The van der Waals surface area contributed by atoms with E-state index in [1.807, 2.05) is 31.3 Å². The first-order valence-electron chi connectivity index (χ1n) is 6.58. The Balaban J connectivity index is 1.99. The van der Waals surface area contributed by atoms with Gasteiger partial charge >= 0.3 is 0 Å². The lowest BCUT2D eigenvalue weighted by molar-refractivity contribution is 0.490. The largest absolute Gasteiger partial charge is 0.316 e. The van der Waals surface area contributed by atoms with Gasteiger partial charge in [0.15, 0.2) is 11.6 Å². The molecule has 0 radical (unpaired) electrons. The molecule has 0 aromatic heterocycles. The highest BCUT2D eigenvalue weighted by molar-refractivity contribution is 7.99. The Morgan fingerprint density at radius 2 is 1.95 bits per heavy atom. The smallest absolute Gasteiger partial charge is 0.162 e. The minimum Gasteiger partial charge on any atom is -0.316 e. The summed E-state index contributed by atoms with van der Waals surface area (Å²) in [5, 5.41) is 3.83. The summed E-state index contributed by atoms with van der Waals surface area (Å²) in [6, 6.07) is 11.9. The van der Waals surface area contributed by atoms with Crippen molar-refractivity contribution in [3.8, 4) is 0 Å². The molecule has 0 spiro atoms. The molecule has 5 heteroatoms. The number of benzene rings is 2. The molecule has 1 nitrogen and oxygen atoms in total. The van der Waals surface area contributed by atoms with E-state index in [9.17, 15) is 8.78 Å². The summed E-state index contributed by atoms with van der Waals surface area (Å²) < 4.78 is 26.9. The van der Waals surface area contributed by atoms with Crippen molar-refractivity contribution in [3.05, 3.63) is 64.7 Å². The van der Waals surface area contributed by atoms with Gasteiger partial charge in [-0.15, -0.1) is 11.8 Å². The van der Waals surface area contributed by atoms with E-state index in [1.165, 1.54) is 6.07 Å². The van der Waals surface area contributed by atoms with Gasteiger partial charge in [0.2, 0.25) is 0 Å². The number of hydrogen-bond acceptors (Lipinski definition) is 2. The number of halogens is 3. The minimum atomic E-state index is -0.801. The summed E-state index contributed by atoms with van der Waals surface area (Å²) in [7, 11) is 1.82. The van der Waals surface area contributed by atoms with Gasteiger partial charge in [0.05, 0.1) is 0 Å². The first-order chi connectivity index (χ1) is 10.1. The van der Waals surface area contributed by atoms with Crippen LogP contribution in [0, 0.1) is 11.6 Å². The molecule has 1 unspecified atom stereocenters. The van der Waals surface area contributed by atoms with Crippen LogP contribution in [0.1, 0.15) is 5.56 Å². The maximum Gasteiger partial charge on any atom is 0.162 e. The normalized spacial score (nSPS) is 12.4. The molecule has 0 bridgehead atoms. The van der Waals surface area contributed by atoms with Crippen LogP contribution in [0.3, 0.4) is 0 Å². The van der Waals surface area contributed by atoms with Crippen LogP contribution in [0.5, 0.6) is 0 Å². The van der Waals surface area contributed by atoms with Crippen molar-refractivity contribution in [2.45, 2.75) is 17.4 Å². The SMILES string of the molecule is CNC(CSc1cccc(Cl)c1)Cc1cccc(F)c1F. The quantitative estimate of drug-likeness (QED) is 0.782. The zero-order chi connectivity index (χ0) is 15.2. The minimum absolute atomic E-state index is 0.0466. The topological polar surface area (TPSA) is 12.0 Å². The van der Waals surface area contributed by atoms with Gasteiger partial charge < -0.3 is 5.32 Å². The summed E-state index contributed by atoms with van der Waals surface area (Å²) >= 11 is 7.58. The van der Waals surface area contributed by atoms with E-state index in [2.05, 4.69) is 5.32 Å². The molecule has 1 atom stereocenters. The van der Waals surface area contributed by atoms with Crippen LogP contribution in [0.15, 0.2) is 47.4 Å². The van der Waals surface area contributed by atoms with E-state index < -0.39 is 11.6 Å². The molecule has 0 fully saturated rings. The maximum atomic E-state index is 13.7. The first-order valence-corrected chi connectivity index (χ1v) is 7.95.